The van der Waals surface area contributed by atoms with Crippen molar-refractivity contribution < 1.29 is 24.5 Å². The molecule has 7 nitrogen and oxygen atoms in total. The standard InChI is InChI=1S/C10H14N2O5/c1-16-8(14)3-7(13)9(15)6-4-11-10(17-2)12-5-6/h4-5,7,9,13,15H,3H2,1-2H3. The first-order valence-electron chi connectivity index (χ1n) is 4.87. The molecule has 0 saturated carbocycles. The second-order valence-corrected chi connectivity index (χ2v) is 3.30. The van der Waals surface area contributed by atoms with Gasteiger partial charge in [0.2, 0.25) is 0 Å². The van der Waals surface area contributed by atoms with E-state index in [2.05, 4.69) is 14.7 Å². The molecule has 2 N–H and O–H groups in total. The van der Waals surface area contributed by atoms with Crippen molar-refractivity contribution in [1.82, 2.24) is 9.97 Å². The Bertz CT molecular complexity index is 367. The summed E-state index contributed by atoms with van der Waals surface area (Å²) in [7, 11) is 2.62. The topological polar surface area (TPSA) is 102 Å². The molecule has 1 aromatic heterocycles. The van der Waals surface area contributed by atoms with E-state index in [9.17, 15) is 15.0 Å². The van der Waals surface area contributed by atoms with Crippen molar-refractivity contribution >= 4 is 5.97 Å². The third-order valence-corrected chi connectivity index (χ3v) is 2.14. The molecule has 2 unspecified atom stereocenters. The maximum Gasteiger partial charge on any atom is 0.316 e. The first-order valence-corrected chi connectivity index (χ1v) is 4.87. The Morgan fingerprint density at radius 3 is 2.41 bits per heavy atom. The molecule has 0 aliphatic carbocycles. The smallest absolute Gasteiger partial charge is 0.316 e. The number of aromatic nitrogens is 2. The van der Waals surface area contributed by atoms with Crippen LogP contribution in [-0.2, 0) is 9.53 Å². The van der Waals surface area contributed by atoms with E-state index in [0.717, 1.165) is 0 Å². The Morgan fingerprint density at radius 1 is 1.35 bits per heavy atom. The van der Waals surface area contributed by atoms with Gasteiger partial charge in [0, 0.05) is 18.0 Å². The predicted octanol–water partition coefficient (Wildman–Crippen LogP) is -0.557. The zero-order valence-electron chi connectivity index (χ0n) is 9.53. The van der Waals surface area contributed by atoms with Gasteiger partial charge in [-0.05, 0) is 0 Å². The summed E-state index contributed by atoms with van der Waals surface area (Å²) in [6.07, 6.45) is -0.183. The third kappa shape index (κ3) is 3.65. The maximum absolute atomic E-state index is 10.9. The Hall–Kier alpha value is -1.73. The molecule has 0 aromatic carbocycles. The molecule has 0 amide bonds. The summed E-state index contributed by atoms with van der Waals surface area (Å²) < 4.78 is 9.13. The van der Waals surface area contributed by atoms with Gasteiger partial charge in [0.1, 0.15) is 6.10 Å². The SMILES string of the molecule is COC(=O)CC(O)C(O)c1cnc(OC)nc1. The molecular formula is C10H14N2O5. The minimum atomic E-state index is -1.26. The van der Waals surface area contributed by atoms with Crippen LogP contribution in [-0.4, -0.2) is 46.5 Å². The first kappa shape index (κ1) is 13.3. The fourth-order valence-electron chi connectivity index (χ4n) is 1.17. The molecule has 1 heterocycles. The second kappa shape index (κ2) is 6.12. The lowest BCUT2D eigenvalue weighted by molar-refractivity contribution is -0.144. The van der Waals surface area contributed by atoms with Gasteiger partial charge >= 0.3 is 12.0 Å². The lowest BCUT2D eigenvalue weighted by atomic mass is 10.1. The van der Waals surface area contributed by atoms with Crippen molar-refractivity contribution in [2.24, 2.45) is 0 Å². The predicted molar refractivity (Wildman–Crippen MR) is 56.2 cm³/mol. The summed E-state index contributed by atoms with van der Waals surface area (Å²) in [5.41, 5.74) is 0.294. The lowest BCUT2D eigenvalue weighted by Gasteiger charge is -2.16. The first-order chi connectivity index (χ1) is 8.08. The summed E-state index contributed by atoms with van der Waals surface area (Å²) in [6.45, 7) is 0. The van der Waals surface area contributed by atoms with Crippen LogP contribution < -0.4 is 4.74 Å². The number of ether oxygens (including phenoxy) is 2. The van der Waals surface area contributed by atoms with Gasteiger partial charge in [0.15, 0.2) is 0 Å². The number of hydrogen-bond acceptors (Lipinski definition) is 7. The fraction of sp³-hybridized carbons (Fsp3) is 0.500. The van der Waals surface area contributed by atoms with Gasteiger partial charge in [-0.15, -0.1) is 0 Å². The molecule has 2 atom stereocenters. The van der Waals surface area contributed by atoms with Gasteiger partial charge < -0.3 is 19.7 Å². The largest absolute Gasteiger partial charge is 0.469 e. The number of esters is 1. The van der Waals surface area contributed by atoms with Crippen LogP contribution in [0.3, 0.4) is 0 Å². The Labute approximate surface area is 98.0 Å². The summed E-state index contributed by atoms with van der Waals surface area (Å²) in [4.78, 5) is 18.5. The molecule has 94 valence electrons. The third-order valence-electron chi connectivity index (χ3n) is 2.14. The van der Waals surface area contributed by atoms with Crippen LogP contribution in [0, 0.1) is 0 Å². The number of nitrogens with zero attached hydrogens (tertiary/aromatic N) is 2. The molecule has 0 aliphatic rings. The van der Waals surface area contributed by atoms with Crippen molar-refractivity contribution in [1.29, 1.82) is 0 Å². The molecule has 0 spiro atoms. The molecule has 0 radical (unpaired) electrons. The lowest BCUT2D eigenvalue weighted by Crippen LogP contribution is -2.22. The normalized spacial score (nSPS) is 13.9. The number of carbonyl (C=O) groups is 1. The Balaban J connectivity index is 2.67. The van der Waals surface area contributed by atoms with E-state index < -0.39 is 18.2 Å². The van der Waals surface area contributed by atoms with E-state index >= 15 is 0 Å². The highest BCUT2D eigenvalue weighted by atomic mass is 16.5. The van der Waals surface area contributed by atoms with Gasteiger partial charge in [-0.1, -0.05) is 0 Å². The number of aliphatic hydroxyl groups is 2. The summed E-state index contributed by atoms with van der Waals surface area (Å²) in [5.74, 6) is -0.606. The van der Waals surface area contributed by atoms with Crippen LogP contribution in [0.1, 0.15) is 18.1 Å². The highest BCUT2D eigenvalue weighted by molar-refractivity contribution is 5.69. The van der Waals surface area contributed by atoms with E-state index in [1.165, 1.54) is 26.6 Å². The van der Waals surface area contributed by atoms with Crippen molar-refractivity contribution in [3.63, 3.8) is 0 Å². The minimum absolute atomic E-state index is 0.156. The summed E-state index contributed by atoms with van der Waals surface area (Å²) in [5, 5.41) is 19.3. The van der Waals surface area contributed by atoms with E-state index in [4.69, 9.17) is 4.74 Å². The van der Waals surface area contributed by atoms with Crippen molar-refractivity contribution in [3.05, 3.63) is 18.0 Å². The molecular weight excluding hydrogens is 228 g/mol. The fourth-order valence-corrected chi connectivity index (χ4v) is 1.17. The van der Waals surface area contributed by atoms with Crippen molar-refractivity contribution in [2.45, 2.75) is 18.6 Å². The minimum Gasteiger partial charge on any atom is -0.469 e. The number of methoxy groups -OCH3 is 2. The average Bonchev–Trinajstić information content (AvgIpc) is 2.37. The highest BCUT2D eigenvalue weighted by Gasteiger charge is 2.22. The van der Waals surface area contributed by atoms with Crippen LogP contribution in [0.15, 0.2) is 12.4 Å². The van der Waals surface area contributed by atoms with Crippen LogP contribution >= 0.6 is 0 Å². The summed E-state index contributed by atoms with van der Waals surface area (Å²) >= 11 is 0. The van der Waals surface area contributed by atoms with Crippen LogP contribution in [0.25, 0.3) is 0 Å². The quantitative estimate of drug-likeness (QED) is 0.667. The molecule has 0 saturated heterocycles. The summed E-state index contributed by atoms with van der Waals surface area (Å²) in [6, 6.07) is 0.156. The Kier molecular flexibility index (Phi) is 4.80. The van der Waals surface area contributed by atoms with Crippen LogP contribution in [0.4, 0.5) is 0 Å². The molecule has 0 fully saturated rings. The van der Waals surface area contributed by atoms with E-state index in [-0.39, 0.29) is 12.4 Å². The molecule has 17 heavy (non-hydrogen) atoms. The molecule has 0 bridgehead atoms. The van der Waals surface area contributed by atoms with Gasteiger partial charge in [-0.2, -0.15) is 0 Å². The van der Waals surface area contributed by atoms with Crippen molar-refractivity contribution in [3.8, 4) is 6.01 Å². The monoisotopic (exact) mass is 242 g/mol. The van der Waals surface area contributed by atoms with Crippen LogP contribution in [0.5, 0.6) is 6.01 Å². The molecule has 7 heteroatoms. The zero-order chi connectivity index (χ0) is 12.8. The number of hydrogen-bond donors (Lipinski definition) is 2. The van der Waals surface area contributed by atoms with Gasteiger partial charge in [0.25, 0.3) is 0 Å². The number of rotatable bonds is 5. The number of aliphatic hydroxyl groups excluding tert-OH is 2. The van der Waals surface area contributed by atoms with Crippen LogP contribution in [0.2, 0.25) is 0 Å². The average molecular weight is 242 g/mol. The molecule has 1 aromatic rings. The van der Waals surface area contributed by atoms with Gasteiger partial charge in [-0.3, -0.25) is 4.79 Å². The highest BCUT2D eigenvalue weighted by Crippen LogP contribution is 2.18. The van der Waals surface area contributed by atoms with Gasteiger partial charge in [-0.25, -0.2) is 9.97 Å². The second-order valence-electron chi connectivity index (χ2n) is 3.30. The molecule has 0 aliphatic heterocycles. The van der Waals surface area contributed by atoms with E-state index in [0.29, 0.717) is 5.56 Å². The van der Waals surface area contributed by atoms with E-state index in [1.54, 1.807) is 0 Å². The zero-order valence-corrected chi connectivity index (χ0v) is 9.53. The number of carbonyl (C=O) groups excluding carboxylic acids is 1. The Morgan fingerprint density at radius 2 is 1.94 bits per heavy atom. The van der Waals surface area contributed by atoms with Crippen molar-refractivity contribution in [2.75, 3.05) is 14.2 Å². The molecule has 1 rings (SSSR count). The maximum atomic E-state index is 10.9. The van der Waals surface area contributed by atoms with Gasteiger partial charge in [0.05, 0.1) is 26.7 Å². The van der Waals surface area contributed by atoms with E-state index in [1.807, 2.05) is 0 Å².